The fourth-order valence-electron chi connectivity index (χ4n) is 10.8. The van der Waals surface area contributed by atoms with Crippen molar-refractivity contribution in [3.63, 3.8) is 0 Å². The van der Waals surface area contributed by atoms with Crippen molar-refractivity contribution >= 4 is 59.7 Å². The summed E-state index contributed by atoms with van der Waals surface area (Å²) >= 11 is 0. The van der Waals surface area contributed by atoms with E-state index in [-0.39, 0.29) is 48.2 Å². The number of aryl methyl sites for hydroxylation is 4. The van der Waals surface area contributed by atoms with Crippen molar-refractivity contribution in [1.29, 1.82) is 0 Å². The van der Waals surface area contributed by atoms with Crippen molar-refractivity contribution in [3.8, 4) is 0 Å². The number of rotatable bonds is 16. The molecule has 10 rings (SSSR count). The van der Waals surface area contributed by atoms with E-state index in [0.717, 1.165) is 25.9 Å². The van der Waals surface area contributed by atoms with E-state index in [1.54, 1.807) is 31.2 Å². The predicted octanol–water partition coefficient (Wildman–Crippen LogP) is 7.83. The smallest absolute Gasteiger partial charge is 0.349 e. The highest BCUT2D eigenvalue weighted by Gasteiger charge is 2.43. The number of nitrogens with two attached hydrogens (primary N) is 2. The molecule has 6 atom stereocenters. The first-order chi connectivity index (χ1) is 46.2. The lowest BCUT2D eigenvalue weighted by molar-refractivity contribution is -0.166. The summed E-state index contributed by atoms with van der Waals surface area (Å²) in [5.74, 6) is -11.9. The SMILES string of the molecule is C.CCO.COC(=O)C1=C(N)CC2c3cc(C)c(C)cc3CCN2C1.COC(=O)C1=C(N)C[C@H]2c3cc(C)c(C)cc3CCN2C1.O=C(O[C@H](C(=O)O)[C@H](OC(=O)c1ccccc1)C(=O)O)c1ccccc1.O=C(O[C@H](C(=O)O)[C@H](OC(=O)c1ccccc1)C(=O)O)c1ccccc1. The van der Waals surface area contributed by atoms with Gasteiger partial charge in [0.15, 0.2) is 0 Å². The maximum absolute atomic E-state index is 12.0. The molecule has 0 radical (unpaired) electrons. The van der Waals surface area contributed by atoms with Crippen LogP contribution in [0.25, 0.3) is 0 Å². The Morgan fingerprint density at radius 2 is 0.663 bits per heavy atom. The van der Waals surface area contributed by atoms with Gasteiger partial charge in [0.25, 0.3) is 0 Å². The van der Waals surface area contributed by atoms with Crippen LogP contribution >= 0.6 is 0 Å². The Morgan fingerprint density at radius 3 is 0.888 bits per heavy atom. The molecule has 4 heterocycles. The van der Waals surface area contributed by atoms with Crippen LogP contribution in [0, 0.1) is 27.7 Å². The Morgan fingerprint density at radius 1 is 0.429 bits per heavy atom. The molecule has 0 amide bonds. The molecule has 9 N–H and O–H groups in total. The maximum Gasteiger partial charge on any atom is 0.349 e. The minimum Gasteiger partial charge on any atom is -0.478 e. The number of aliphatic hydroxyl groups is 1. The standard InChI is InChI=1S/2C18H14O8.2C17H22N2O2.C2H6O.CH4/c2*19-15(20)13(25-17(23)11-7-3-1-4-8-11)14(16(21)22)26-18(24)12-9-5-2-6-10-12;2*1-10-6-12-4-5-19-9-14(17(20)21-3)15(18)8-16(19)13(12)7-11(10)2;1-2-3;/h2*1-10,13-14H,(H,19,20)(H,21,22);2*6-7,16H,4-5,8-9,18H2,1-3H3;3H,2H2,1H3;1H4/t2*13-,14-;16-;;;/m000.../s1. The zero-order chi connectivity index (χ0) is 71.2. The Hall–Kier alpha value is -11.0. The predicted molar refractivity (Wildman–Crippen MR) is 356 cm³/mol. The third-order valence-corrected chi connectivity index (χ3v) is 16.1. The van der Waals surface area contributed by atoms with Crippen LogP contribution in [-0.2, 0) is 70.0 Å². The van der Waals surface area contributed by atoms with Gasteiger partial charge in [0.1, 0.15) is 0 Å². The second kappa shape index (κ2) is 36.8. The highest BCUT2D eigenvalue weighted by molar-refractivity contribution is 5.97. The molecule has 25 heteroatoms. The van der Waals surface area contributed by atoms with E-state index in [2.05, 4.69) is 61.8 Å². The molecule has 1 unspecified atom stereocenters. The van der Waals surface area contributed by atoms with Crippen LogP contribution in [0.1, 0.15) is 125 Å². The number of aliphatic hydroxyl groups excluding tert-OH is 1. The summed E-state index contributed by atoms with van der Waals surface area (Å²) in [6.45, 7) is 13.7. The first-order valence-corrected chi connectivity index (χ1v) is 30.6. The number of carbonyl (C=O) groups excluding carboxylic acids is 6. The van der Waals surface area contributed by atoms with Crippen molar-refractivity contribution in [2.75, 3.05) is 47.0 Å². The van der Waals surface area contributed by atoms with Gasteiger partial charge in [-0.15, -0.1) is 0 Å². The molecule has 0 saturated heterocycles. The van der Waals surface area contributed by atoms with Crippen LogP contribution in [0.5, 0.6) is 0 Å². The summed E-state index contributed by atoms with van der Waals surface area (Å²) in [7, 11) is 2.82. The number of aliphatic carboxylic acids is 4. The highest BCUT2D eigenvalue weighted by atomic mass is 16.6. The summed E-state index contributed by atoms with van der Waals surface area (Å²) in [6.07, 6.45) is -5.39. The number of nitrogens with zero attached hydrogens (tertiary/aromatic N) is 2. The average molecular weight is 1350 g/mol. The van der Waals surface area contributed by atoms with Gasteiger partial charge in [0.05, 0.1) is 47.6 Å². The molecular formula is C73H82N4O21. The Balaban J connectivity index is 0.000000233. The van der Waals surface area contributed by atoms with Gasteiger partial charge < -0.3 is 65.4 Å². The molecule has 6 aromatic carbocycles. The highest BCUT2D eigenvalue weighted by Crippen LogP contribution is 2.40. The van der Waals surface area contributed by atoms with Crippen molar-refractivity contribution in [1.82, 2.24) is 9.80 Å². The van der Waals surface area contributed by atoms with Crippen LogP contribution in [0.15, 0.2) is 168 Å². The van der Waals surface area contributed by atoms with Gasteiger partial charge in [-0.1, -0.05) is 104 Å². The fourth-order valence-corrected chi connectivity index (χ4v) is 10.8. The van der Waals surface area contributed by atoms with Crippen molar-refractivity contribution in [3.05, 3.63) is 235 Å². The van der Waals surface area contributed by atoms with Crippen LogP contribution in [-0.4, -0.2) is 166 Å². The van der Waals surface area contributed by atoms with E-state index in [0.29, 0.717) is 60.6 Å². The number of hydrogen-bond acceptors (Lipinski definition) is 21. The van der Waals surface area contributed by atoms with Crippen LogP contribution < -0.4 is 11.5 Å². The monoisotopic (exact) mass is 1350 g/mol. The molecule has 6 aromatic rings. The molecule has 0 aromatic heterocycles. The maximum atomic E-state index is 12.0. The summed E-state index contributed by atoms with van der Waals surface area (Å²) < 4.78 is 28.7. The van der Waals surface area contributed by atoms with E-state index >= 15 is 0 Å². The molecule has 0 aliphatic carbocycles. The third-order valence-electron chi connectivity index (χ3n) is 16.1. The molecule has 520 valence electrons. The van der Waals surface area contributed by atoms with Gasteiger partial charge in [0.2, 0.25) is 24.4 Å². The number of methoxy groups -OCH3 is 2. The molecule has 98 heavy (non-hydrogen) atoms. The summed E-state index contributed by atoms with van der Waals surface area (Å²) in [5.41, 5.74) is 25.9. The van der Waals surface area contributed by atoms with E-state index in [4.69, 9.17) is 45.0 Å². The number of esters is 6. The Bertz CT molecular complexity index is 3510. The van der Waals surface area contributed by atoms with E-state index in [9.17, 15) is 68.4 Å². The van der Waals surface area contributed by atoms with Crippen molar-refractivity contribution < 1.29 is 102 Å². The number of carboxylic acid groups (broad SMARTS) is 4. The topological polar surface area (TPSA) is 386 Å². The zero-order valence-electron chi connectivity index (χ0n) is 54.5. The van der Waals surface area contributed by atoms with Crippen molar-refractivity contribution in [2.45, 2.75) is 104 Å². The number of fused-ring (bicyclic) bond motifs is 6. The molecule has 4 aliphatic rings. The molecule has 0 bridgehead atoms. The van der Waals surface area contributed by atoms with Crippen LogP contribution in [0.4, 0.5) is 0 Å². The van der Waals surface area contributed by atoms with E-state index in [1.807, 2.05) is 0 Å². The van der Waals surface area contributed by atoms with Crippen LogP contribution in [0.2, 0.25) is 0 Å². The van der Waals surface area contributed by atoms with Gasteiger partial charge in [-0.2, -0.15) is 0 Å². The summed E-state index contributed by atoms with van der Waals surface area (Å²) in [5, 5.41) is 44.5. The third kappa shape index (κ3) is 20.5. The largest absolute Gasteiger partial charge is 0.478 e. The van der Waals surface area contributed by atoms with Crippen LogP contribution in [0.3, 0.4) is 0 Å². The normalized spacial score (nSPS) is 16.1. The number of benzene rings is 6. The van der Waals surface area contributed by atoms with Gasteiger partial charge in [-0.05, 0) is 140 Å². The molecule has 0 saturated carbocycles. The number of carbonyl (C=O) groups is 10. The second-order valence-electron chi connectivity index (χ2n) is 22.6. The lowest BCUT2D eigenvalue weighted by atomic mass is 9.84. The minimum absolute atomic E-state index is 0. The number of carboxylic acids is 4. The van der Waals surface area contributed by atoms with Gasteiger partial charge >= 0.3 is 59.7 Å². The van der Waals surface area contributed by atoms with Gasteiger partial charge in [0, 0.05) is 69.1 Å². The summed E-state index contributed by atoms with van der Waals surface area (Å²) in [6, 6.07) is 39.4. The number of ether oxygens (including phenoxy) is 6. The van der Waals surface area contributed by atoms with E-state index < -0.39 is 72.2 Å². The Kier molecular flexibility index (Phi) is 29.1. The fraction of sp³-hybridized carbons (Fsp3) is 0.315. The summed E-state index contributed by atoms with van der Waals surface area (Å²) in [4.78, 5) is 122. The quantitative estimate of drug-likeness (QED) is 0.0358. The second-order valence-corrected chi connectivity index (χ2v) is 22.6. The zero-order valence-corrected chi connectivity index (χ0v) is 54.5. The Labute approximate surface area is 566 Å². The lowest BCUT2D eigenvalue weighted by Gasteiger charge is -2.41. The molecule has 4 aliphatic heterocycles. The van der Waals surface area contributed by atoms with Gasteiger partial charge in [-0.25, -0.2) is 47.9 Å². The molecule has 25 nitrogen and oxygen atoms in total. The lowest BCUT2D eigenvalue weighted by Crippen LogP contribution is -2.45. The molecule has 0 fully saturated rings. The first-order valence-electron chi connectivity index (χ1n) is 30.6. The van der Waals surface area contributed by atoms with Crippen molar-refractivity contribution in [2.24, 2.45) is 11.5 Å². The van der Waals surface area contributed by atoms with E-state index in [1.165, 1.54) is 156 Å². The average Bonchev–Trinajstić information content (AvgIpc) is 0.780. The minimum atomic E-state index is -2.21. The molecular weight excluding hydrogens is 1270 g/mol. The first kappa shape index (κ1) is 77.7. The molecule has 0 spiro atoms. The van der Waals surface area contributed by atoms with Gasteiger partial charge in [-0.3, -0.25) is 9.80 Å². The number of hydrogen-bond donors (Lipinski definition) is 7.